The molecule has 0 radical (unpaired) electrons. The lowest BCUT2D eigenvalue weighted by Gasteiger charge is -2.28. The number of hydrogen-bond donors (Lipinski definition) is 2. The molecule has 2 amide bonds. The molecular formula is C27H24ClN5O3. The van der Waals surface area contributed by atoms with Crippen LogP contribution in [0.5, 0.6) is 5.88 Å². The second-order valence-corrected chi connectivity index (χ2v) is 9.59. The molecule has 2 N–H and O–H groups in total. The Morgan fingerprint density at radius 2 is 1.81 bits per heavy atom. The van der Waals surface area contributed by atoms with Crippen LogP contribution in [0.2, 0.25) is 5.02 Å². The Bertz CT molecular complexity index is 1500. The van der Waals surface area contributed by atoms with Crippen molar-refractivity contribution in [2.45, 2.75) is 31.5 Å². The van der Waals surface area contributed by atoms with Crippen LogP contribution in [-0.4, -0.2) is 36.7 Å². The molecule has 0 saturated heterocycles. The normalized spacial score (nSPS) is 18.5. The van der Waals surface area contributed by atoms with Crippen LogP contribution in [0.1, 0.15) is 29.6 Å². The summed E-state index contributed by atoms with van der Waals surface area (Å²) in [5, 5.41) is 14.6. The van der Waals surface area contributed by atoms with Crippen molar-refractivity contribution in [1.82, 2.24) is 19.0 Å². The number of hydrogen-bond acceptors (Lipinski definition) is 4. The molecule has 0 bridgehead atoms. The Morgan fingerprint density at radius 1 is 1.03 bits per heavy atom. The van der Waals surface area contributed by atoms with E-state index < -0.39 is 0 Å². The van der Waals surface area contributed by atoms with Crippen molar-refractivity contribution < 1.29 is 9.90 Å². The molecule has 1 saturated carbocycles. The molecule has 8 nitrogen and oxygen atoms in total. The van der Waals surface area contributed by atoms with Crippen molar-refractivity contribution in [2.75, 3.05) is 11.9 Å². The Balaban J connectivity index is 1.21. The van der Waals surface area contributed by atoms with Crippen LogP contribution >= 0.6 is 11.6 Å². The Labute approximate surface area is 212 Å². The number of nitrogens with one attached hydrogen (secondary N) is 1. The number of amides is 2. The van der Waals surface area contributed by atoms with Crippen LogP contribution in [0.15, 0.2) is 77.7 Å². The van der Waals surface area contributed by atoms with Crippen molar-refractivity contribution in [2.24, 2.45) is 0 Å². The van der Waals surface area contributed by atoms with Crippen LogP contribution < -0.4 is 11.0 Å². The summed E-state index contributed by atoms with van der Waals surface area (Å²) < 4.78 is 3.08. The van der Waals surface area contributed by atoms with Crippen LogP contribution in [0, 0.1) is 0 Å². The third-order valence-electron chi connectivity index (χ3n) is 6.95. The number of imidazole rings is 1. The molecule has 1 fully saturated rings. The minimum absolute atomic E-state index is 0.0517. The fourth-order valence-corrected chi connectivity index (χ4v) is 5.12. The highest BCUT2D eigenvalue weighted by Gasteiger charge is 2.44. The molecule has 1 aliphatic heterocycles. The fourth-order valence-electron chi connectivity index (χ4n) is 5.00. The highest BCUT2D eigenvalue weighted by molar-refractivity contribution is 6.30. The van der Waals surface area contributed by atoms with Gasteiger partial charge in [-0.15, -0.1) is 0 Å². The zero-order valence-corrected chi connectivity index (χ0v) is 20.1. The van der Waals surface area contributed by atoms with Gasteiger partial charge in [0.1, 0.15) is 5.69 Å². The zero-order valence-electron chi connectivity index (χ0n) is 19.3. The molecule has 9 heteroatoms. The average Bonchev–Trinajstić information content (AvgIpc) is 3.65. The SMILES string of the molecule is O=C(Nc1cccnc1-c1ccc(Cl)cc1)N1CCn2c(c(O)n([C@H]3C[C@@H]3c3ccccc3)c2=O)C1. The zero-order chi connectivity index (χ0) is 24.8. The number of aromatic nitrogens is 3. The molecule has 6 rings (SSSR count). The van der Waals surface area contributed by atoms with Crippen molar-refractivity contribution in [3.63, 3.8) is 0 Å². The molecule has 2 atom stereocenters. The highest BCUT2D eigenvalue weighted by Crippen LogP contribution is 2.52. The van der Waals surface area contributed by atoms with E-state index in [2.05, 4.69) is 10.3 Å². The van der Waals surface area contributed by atoms with Crippen LogP contribution in [0.3, 0.4) is 0 Å². The first-order valence-electron chi connectivity index (χ1n) is 11.9. The molecule has 36 heavy (non-hydrogen) atoms. The Kier molecular flexibility index (Phi) is 5.53. The first-order chi connectivity index (χ1) is 17.5. The third-order valence-corrected chi connectivity index (χ3v) is 7.21. The second-order valence-electron chi connectivity index (χ2n) is 9.15. The Hall–Kier alpha value is -4.04. The van der Waals surface area contributed by atoms with Crippen LogP contribution in [-0.2, 0) is 13.1 Å². The number of urea groups is 1. The van der Waals surface area contributed by atoms with Gasteiger partial charge in [-0.05, 0) is 36.2 Å². The summed E-state index contributed by atoms with van der Waals surface area (Å²) in [4.78, 5) is 32.3. The number of halogens is 1. The molecule has 2 aromatic carbocycles. The molecule has 0 spiro atoms. The molecular weight excluding hydrogens is 478 g/mol. The van der Waals surface area contributed by atoms with Gasteiger partial charge in [-0.2, -0.15) is 0 Å². The molecule has 182 valence electrons. The number of rotatable bonds is 4. The lowest BCUT2D eigenvalue weighted by Crippen LogP contribution is -2.42. The second kappa shape index (κ2) is 8.87. The number of fused-ring (bicyclic) bond motifs is 1. The van der Waals surface area contributed by atoms with Gasteiger partial charge in [0.2, 0.25) is 5.88 Å². The van der Waals surface area contributed by atoms with Crippen molar-refractivity contribution in [3.8, 4) is 17.1 Å². The number of nitrogens with zero attached hydrogens (tertiary/aromatic N) is 4. The van der Waals surface area contributed by atoms with E-state index in [-0.39, 0.29) is 36.1 Å². The summed E-state index contributed by atoms with van der Waals surface area (Å²) in [5.74, 6) is 0.152. The number of carbonyl (C=O) groups excluding carboxylic acids is 1. The van der Waals surface area contributed by atoms with Gasteiger partial charge in [-0.25, -0.2) is 9.59 Å². The van der Waals surface area contributed by atoms with E-state index in [0.717, 1.165) is 17.5 Å². The Morgan fingerprint density at radius 3 is 2.58 bits per heavy atom. The van der Waals surface area contributed by atoms with Crippen molar-refractivity contribution in [1.29, 1.82) is 0 Å². The first kappa shape index (κ1) is 22.4. The molecule has 4 aromatic rings. The van der Waals surface area contributed by atoms with Gasteiger partial charge in [0.05, 0.1) is 17.9 Å². The highest BCUT2D eigenvalue weighted by atomic mass is 35.5. The van der Waals surface area contributed by atoms with Crippen LogP contribution in [0.25, 0.3) is 11.3 Å². The smallest absolute Gasteiger partial charge is 0.331 e. The standard InChI is InChI=1S/C27H24ClN5O3/c28-19-10-8-18(9-11-19)24-21(7-4-12-29-24)30-26(35)31-13-14-32-23(16-31)25(34)33(27(32)36)22-15-20(22)17-5-2-1-3-6-17/h1-12,20,22,34H,13-16H2,(H,30,35)/t20-,22+/m1/s1. The van der Waals surface area contributed by atoms with Crippen molar-refractivity contribution in [3.05, 3.63) is 99.7 Å². The van der Waals surface area contributed by atoms with Crippen molar-refractivity contribution >= 4 is 23.3 Å². The summed E-state index contributed by atoms with van der Waals surface area (Å²) in [6, 6.07) is 20.4. The first-order valence-corrected chi connectivity index (χ1v) is 12.2. The van der Waals surface area contributed by atoms with E-state index in [1.165, 1.54) is 4.57 Å². The summed E-state index contributed by atoms with van der Waals surface area (Å²) >= 11 is 6.01. The number of pyridine rings is 1. The largest absolute Gasteiger partial charge is 0.493 e. The summed E-state index contributed by atoms with van der Waals surface area (Å²) in [5.41, 5.74) is 3.43. The predicted octanol–water partition coefficient (Wildman–Crippen LogP) is 4.85. The summed E-state index contributed by atoms with van der Waals surface area (Å²) in [6.45, 7) is 0.812. The van der Waals surface area contributed by atoms with E-state index in [1.807, 2.05) is 42.5 Å². The maximum atomic E-state index is 13.2. The quantitative estimate of drug-likeness (QED) is 0.418. The van der Waals surface area contributed by atoms with Gasteiger partial charge < -0.3 is 15.3 Å². The number of carbonyl (C=O) groups is 1. The lowest BCUT2D eigenvalue weighted by molar-refractivity contribution is 0.195. The monoisotopic (exact) mass is 501 g/mol. The van der Waals surface area contributed by atoms with Crippen LogP contribution in [0.4, 0.5) is 10.5 Å². The van der Waals surface area contributed by atoms with E-state index in [9.17, 15) is 14.7 Å². The summed E-state index contributed by atoms with van der Waals surface area (Å²) in [7, 11) is 0. The summed E-state index contributed by atoms with van der Waals surface area (Å²) in [6.07, 6.45) is 2.47. The predicted molar refractivity (Wildman–Crippen MR) is 137 cm³/mol. The number of anilines is 1. The number of aromatic hydroxyl groups is 1. The average molecular weight is 502 g/mol. The minimum atomic E-state index is -0.322. The number of benzene rings is 2. The lowest BCUT2D eigenvalue weighted by atomic mass is 10.1. The van der Waals surface area contributed by atoms with Gasteiger partial charge in [0, 0.05) is 41.8 Å². The molecule has 1 aliphatic carbocycles. The maximum absolute atomic E-state index is 13.2. The van der Waals surface area contributed by atoms with Gasteiger partial charge >= 0.3 is 11.7 Å². The molecule has 2 aromatic heterocycles. The molecule has 2 aliphatic rings. The molecule has 0 unspecified atom stereocenters. The third kappa shape index (κ3) is 3.93. The van der Waals surface area contributed by atoms with Gasteiger partial charge in [0.15, 0.2) is 0 Å². The van der Waals surface area contributed by atoms with Gasteiger partial charge in [-0.1, -0.05) is 54.1 Å². The molecule has 3 heterocycles. The van der Waals surface area contributed by atoms with E-state index >= 15 is 0 Å². The van der Waals surface area contributed by atoms with Gasteiger partial charge in [0.25, 0.3) is 0 Å². The van der Waals surface area contributed by atoms with Gasteiger partial charge in [-0.3, -0.25) is 14.1 Å². The minimum Gasteiger partial charge on any atom is -0.493 e. The van der Waals surface area contributed by atoms with E-state index in [4.69, 9.17) is 11.6 Å². The fraction of sp³-hybridized carbons (Fsp3) is 0.222. The van der Waals surface area contributed by atoms with E-state index in [0.29, 0.717) is 35.2 Å². The van der Waals surface area contributed by atoms with E-state index in [1.54, 1.807) is 39.9 Å². The topological polar surface area (TPSA) is 92.4 Å². The maximum Gasteiger partial charge on any atom is 0.331 e.